The molecule has 6 aromatic rings. The van der Waals surface area contributed by atoms with Crippen LogP contribution in [0.25, 0.3) is 0 Å². The summed E-state index contributed by atoms with van der Waals surface area (Å²) in [6.45, 7) is 33.1. The number of nitrogen functional groups attached to an aromatic ring is 2. The molecular weight excluding hydrogens is 2110 g/mol. The topological polar surface area (TPSA) is 461 Å². The van der Waals surface area contributed by atoms with E-state index >= 15 is 0 Å². The minimum atomic E-state index is -0.905. The predicted molar refractivity (Wildman–Crippen MR) is 547 cm³/mol. The normalized spacial score (nSPS) is 11.5. The Bertz CT molecular complexity index is 4340. The number of nitrogens with one attached hydrogen (secondary N) is 3. The summed E-state index contributed by atoms with van der Waals surface area (Å²) in [5.74, 6) is 3.89. The number of carboxylic acids is 1. The van der Waals surface area contributed by atoms with Gasteiger partial charge in [0, 0.05) is 125 Å². The van der Waals surface area contributed by atoms with Gasteiger partial charge in [-0.25, -0.2) is 0 Å². The van der Waals surface area contributed by atoms with Crippen molar-refractivity contribution in [3.63, 3.8) is 0 Å². The number of esters is 3. The molecule has 0 aromatic heterocycles. The van der Waals surface area contributed by atoms with Crippen LogP contribution in [0.5, 0.6) is 34.5 Å². The third-order valence-corrected chi connectivity index (χ3v) is 19.7. The second kappa shape index (κ2) is 71.2. The van der Waals surface area contributed by atoms with E-state index in [1.54, 1.807) is 19.0 Å². The number of anilines is 4. The summed E-state index contributed by atoms with van der Waals surface area (Å²) in [6, 6.07) is 29.6. The van der Waals surface area contributed by atoms with Crippen LogP contribution in [0.15, 0.2) is 123 Å². The number of non-ortho nitro benzene ring substituents is 2. The molecule has 0 unspecified atom stereocenters. The molecular formula is C87H126B3Br3Cl5IN10O22. The first-order chi connectivity index (χ1) is 61.6. The predicted octanol–water partition coefficient (Wildman–Crippen LogP) is 16.7. The number of phenolic OH excluding ortho intramolecular Hbond substituents is 1. The van der Waals surface area contributed by atoms with Gasteiger partial charge in [-0.3, -0.25) is 39.4 Å². The molecule has 0 heterocycles. The number of alkyl halides is 6. The molecule has 0 fully saturated rings. The number of aldehydes is 1. The van der Waals surface area contributed by atoms with E-state index in [0.717, 1.165) is 59.9 Å². The molecule has 2 radical (unpaired) electrons. The number of aromatic hydroxyl groups is 1. The van der Waals surface area contributed by atoms with Crippen LogP contribution in [0.1, 0.15) is 139 Å². The van der Waals surface area contributed by atoms with Crippen molar-refractivity contribution in [3.05, 3.63) is 160 Å². The largest absolute Gasteiger partial charge is 0.507 e. The average molecular weight is 2240 g/mol. The number of nitrogens with two attached hydrogens (primary N) is 3. The second-order valence-electron chi connectivity index (χ2n) is 30.5. The van der Waals surface area contributed by atoms with Crippen molar-refractivity contribution in [2.75, 3.05) is 114 Å². The van der Waals surface area contributed by atoms with Crippen LogP contribution in [0.3, 0.4) is 0 Å². The summed E-state index contributed by atoms with van der Waals surface area (Å²) in [5.41, 5.74) is 21.7. The van der Waals surface area contributed by atoms with Crippen molar-refractivity contribution in [1.29, 1.82) is 0 Å². The summed E-state index contributed by atoms with van der Waals surface area (Å²) in [7, 11) is 1.97. The summed E-state index contributed by atoms with van der Waals surface area (Å²) in [5, 5.41) is 56.3. The lowest BCUT2D eigenvalue weighted by Crippen LogP contribution is -2.43. The van der Waals surface area contributed by atoms with Crippen LogP contribution < -0.4 is 66.4 Å². The highest BCUT2D eigenvalue weighted by Crippen LogP contribution is 2.33. The Morgan fingerprint density at radius 3 is 1.15 bits per heavy atom. The van der Waals surface area contributed by atoms with Gasteiger partial charge in [-0.2, -0.15) is 0 Å². The van der Waals surface area contributed by atoms with E-state index in [-0.39, 0.29) is 84.7 Å². The van der Waals surface area contributed by atoms with Crippen molar-refractivity contribution in [2.24, 2.45) is 5.73 Å². The molecule has 0 bridgehead atoms. The van der Waals surface area contributed by atoms with Gasteiger partial charge >= 0.3 is 30.9 Å². The highest BCUT2D eigenvalue weighted by molar-refractivity contribution is 14.1. The lowest BCUT2D eigenvalue weighted by Gasteiger charge is -2.26. The van der Waals surface area contributed by atoms with E-state index in [1.807, 2.05) is 164 Å². The van der Waals surface area contributed by atoms with Crippen molar-refractivity contribution in [2.45, 2.75) is 190 Å². The number of hydrogen-bond donors (Lipinski definition) is 9. The lowest BCUT2D eigenvalue weighted by atomic mass is 9.87. The van der Waals surface area contributed by atoms with E-state index in [1.165, 1.54) is 45.2 Å². The number of rotatable bonds is 46. The van der Waals surface area contributed by atoms with Crippen LogP contribution in [-0.4, -0.2) is 224 Å². The molecule has 44 heteroatoms. The van der Waals surface area contributed by atoms with Crippen LogP contribution in [0.2, 0.25) is 6.82 Å². The molecule has 0 spiro atoms. The van der Waals surface area contributed by atoms with Gasteiger partial charge in [0.1, 0.15) is 57.6 Å². The summed E-state index contributed by atoms with van der Waals surface area (Å²) in [4.78, 5) is 101. The quantitative estimate of drug-likeness (QED) is 0.00197. The third-order valence-electron chi connectivity index (χ3n) is 15.9. The number of ether oxygens (including phenoxy) is 8. The monoisotopic (exact) mass is 2230 g/mol. The molecule has 728 valence electrons. The maximum absolute atomic E-state index is 12.3. The van der Waals surface area contributed by atoms with Gasteiger partial charge in [0.2, 0.25) is 0 Å². The number of carbonyl (C=O) groups excluding carboxylic acids is 6. The molecule has 131 heavy (non-hydrogen) atoms. The summed E-state index contributed by atoms with van der Waals surface area (Å²) < 4.78 is 46.1. The van der Waals surface area contributed by atoms with Crippen LogP contribution in [-0.2, 0) is 67.0 Å². The van der Waals surface area contributed by atoms with Gasteiger partial charge in [0.25, 0.3) is 26.2 Å². The number of carbonyl (C=O) groups is 7. The maximum Gasteiger partial charge on any atom is 0.373 e. The number of nitro benzene ring substituents is 2. The van der Waals surface area contributed by atoms with Gasteiger partial charge in [0.05, 0.1) is 100 Å². The van der Waals surface area contributed by atoms with Crippen molar-refractivity contribution in [1.82, 2.24) is 15.7 Å². The first-order valence-corrected chi connectivity index (χ1v) is 48.1. The third kappa shape index (κ3) is 60.6. The lowest BCUT2D eigenvalue weighted by molar-refractivity contribution is -0.385. The molecule has 4 atom stereocenters. The van der Waals surface area contributed by atoms with Crippen LogP contribution >= 0.6 is 128 Å². The van der Waals surface area contributed by atoms with Crippen LogP contribution in [0, 0.1) is 20.2 Å². The number of phenols is 1. The summed E-state index contributed by atoms with van der Waals surface area (Å²) in [6.07, 6.45) is 3.77. The number of halogens is 9. The molecule has 32 nitrogen and oxygen atoms in total. The smallest absolute Gasteiger partial charge is 0.373 e. The summed E-state index contributed by atoms with van der Waals surface area (Å²) >= 11 is 40.1. The van der Waals surface area contributed by atoms with Gasteiger partial charge in [-0.15, -0.1) is 58.0 Å². The average Bonchev–Trinajstić information content (AvgIpc) is 0.863. The zero-order chi connectivity index (χ0) is 100.0. The minimum Gasteiger partial charge on any atom is -0.507 e. The number of aliphatic carboxylic acids is 1. The fourth-order valence-corrected chi connectivity index (χ4v) is 13.7. The van der Waals surface area contributed by atoms with E-state index < -0.39 is 45.7 Å². The van der Waals surface area contributed by atoms with Gasteiger partial charge in [0.15, 0.2) is 0 Å². The Hall–Kier alpha value is -7.38. The molecule has 0 saturated carbocycles. The minimum absolute atomic E-state index is 0.00407. The second-order valence-corrected chi connectivity index (χ2v) is 35.8. The Morgan fingerprint density at radius 2 is 0.832 bits per heavy atom. The SMILES string of the molecule is CB(O)N[C@@H](CI)CC(=O)OC(C)(C)C.CCOc1ccc(N(CCCl)CCCl)cc1C[C@@H](CC(=O)OC(C)(C)C)N[B]C=O.CCOc1ccc(N(CCCl)CCCl)cc1C[C@H](N)CC(=O)O.CCOc1ccc(N)cc1Br.CCOc1ccc(N)cc1C[C@@H](CC(=O)OC(C)(C)C)N[B]C=O.CCOc1ccc([N+](=O)[O-])cc1Br.O=CCCl.O=[N+]([O-])c1ccc(O)c(Br)c1. The fourth-order valence-electron chi connectivity index (χ4n) is 11.0. The van der Waals surface area contributed by atoms with Crippen molar-refractivity contribution < 1.29 is 96.5 Å². The molecule has 6 rings (SSSR count). The van der Waals surface area contributed by atoms with Crippen molar-refractivity contribution in [3.8, 4) is 34.5 Å². The highest BCUT2D eigenvalue weighted by Gasteiger charge is 2.27. The Labute approximate surface area is 836 Å². The number of nitro groups is 2. The van der Waals surface area contributed by atoms with E-state index in [4.69, 9.17) is 133 Å². The number of benzene rings is 6. The van der Waals surface area contributed by atoms with E-state index in [2.05, 4.69) is 95.9 Å². The number of hydrogen-bond acceptors (Lipinski definition) is 29. The molecule has 0 saturated heterocycles. The van der Waals surface area contributed by atoms with E-state index in [9.17, 15) is 49.0 Å². The standard InChI is InChI=1S/C21H32BCl2N2O4.C17H26BN2O4.C16H24Cl2N2O3.C9H19BINO3.C8H8BrNO3.C8H10BrNO.C6H4BrNO3.C2H3ClO/c1-5-29-19-7-6-18(26(10-8-23)11-9-24)13-16(19)12-17(25-22-15-27)14-20(28)30-21(2,3)4;1-5-23-15-7-6-13(19)8-12(15)9-14(20-18-11-21)10-16(22)24-17(2,3)4;1-2-23-15-4-3-14(20(7-5-17)8-6-18)10-12(15)9-13(19)11-16(21)22;1-9(2,3)15-8(13)5-7(6-11)12-10(4)14;1-2-13-8-4-3-6(10(11)12)5-7(8)9;1-2-11-8-4-3-6(10)5-7(8)9;7-5-3-4(8(10)11)1-2-6(5)9;3-1-2-4/h6-7,13,15,17,25H,5,8-12,14H2,1-4H3;6-8,11,14,20H,5,9-10,19H2,1-4H3;3-4,10,13H,2,5-9,11,19H2,1H3,(H,21,22);7,12,14H,5-6H2,1-4H3;3-5H,2H2,1H3;3-5H,2,10H2,1H3;1-3,9H;2H,1H2/t17-;14-;13-;7-;;;;/m0001..../s1. The zero-order valence-corrected chi connectivity index (χ0v) is 87.4. The Morgan fingerprint density at radius 1 is 0.511 bits per heavy atom. The molecule has 0 aliphatic carbocycles. The number of carboxylic acid groups (broad SMARTS) is 1. The van der Waals surface area contributed by atoms with Crippen LogP contribution in [0.4, 0.5) is 34.1 Å². The zero-order valence-electron chi connectivity index (χ0n) is 76.7. The molecule has 0 amide bonds. The first-order valence-electron chi connectivity index (χ1n) is 41.5. The highest BCUT2D eigenvalue weighted by atomic mass is 127. The van der Waals surface area contributed by atoms with Gasteiger partial charge in [-0.05, 0) is 272 Å². The Balaban J connectivity index is 0. The Kier molecular flexibility index (Phi) is 68.3. The molecule has 12 N–H and O–H groups in total. The molecule has 0 aliphatic heterocycles. The molecule has 6 aromatic carbocycles. The van der Waals surface area contributed by atoms with Gasteiger partial charge in [-0.1, -0.05) is 22.6 Å². The first kappa shape index (κ1) is 126. The fraction of sp³-hybridized carbons (Fsp3) is 0.506. The van der Waals surface area contributed by atoms with Gasteiger partial charge < -0.3 is 110 Å². The molecule has 0 aliphatic rings. The maximum atomic E-state index is 12.3. The van der Waals surface area contributed by atoms with Crippen molar-refractivity contribution >= 4 is 227 Å². The van der Waals surface area contributed by atoms with E-state index in [0.29, 0.717) is 147 Å². The number of nitrogens with zero attached hydrogens (tertiary/aromatic N) is 4.